The highest BCUT2D eigenvalue weighted by Gasteiger charge is 2.21. The number of carbonyl (C=O) groups excluding carboxylic acids is 2. The van der Waals surface area contributed by atoms with Crippen molar-refractivity contribution in [2.75, 3.05) is 13.1 Å². The number of amides is 2. The van der Waals surface area contributed by atoms with Crippen LogP contribution in [0.4, 0.5) is 0 Å². The van der Waals surface area contributed by atoms with Crippen molar-refractivity contribution in [3.8, 4) is 0 Å². The first-order valence-corrected chi connectivity index (χ1v) is 5.97. The molecule has 0 aromatic heterocycles. The summed E-state index contributed by atoms with van der Waals surface area (Å²) in [5.41, 5.74) is 0.849. The van der Waals surface area contributed by atoms with E-state index in [4.69, 9.17) is 5.11 Å². The van der Waals surface area contributed by atoms with Crippen molar-refractivity contribution in [2.45, 2.75) is 6.42 Å². The van der Waals surface area contributed by atoms with Crippen molar-refractivity contribution in [2.24, 2.45) is 5.92 Å². The molecule has 3 N–H and O–H groups in total. The van der Waals surface area contributed by atoms with Crippen LogP contribution in [0.2, 0.25) is 0 Å². The van der Waals surface area contributed by atoms with Crippen molar-refractivity contribution < 1.29 is 24.7 Å². The van der Waals surface area contributed by atoms with Gasteiger partial charge in [-0.15, -0.1) is 0 Å². The van der Waals surface area contributed by atoms with Gasteiger partial charge in [-0.3, -0.25) is 19.6 Å². The van der Waals surface area contributed by atoms with Gasteiger partial charge in [0.1, 0.15) is 6.54 Å². The molecule has 108 valence electrons. The van der Waals surface area contributed by atoms with Crippen molar-refractivity contribution in [1.29, 1.82) is 0 Å². The van der Waals surface area contributed by atoms with Crippen LogP contribution in [0.1, 0.15) is 5.56 Å². The Morgan fingerprint density at radius 2 is 1.95 bits per heavy atom. The lowest BCUT2D eigenvalue weighted by Crippen LogP contribution is -2.40. The summed E-state index contributed by atoms with van der Waals surface area (Å²) in [6, 6.07) is 9.04. The first kappa shape index (κ1) is 15.6. The Labute approximate surface area is 115 Å². The molecule has 0 aliphatic carbocycles. The average Bonchev–Trinajstić information content (AvgIpc) is 2.44. The maximum absolute atomic E-state index is 11.9. The van der Waals surface area contributed by atoms with Gasteiger partial charge in [-0.1, -0.05) is 30.3 Å². The minimum atomic E-state index is -1.16. The van der Waals surface area contributed by atoms with E-state index >= 15 is 0 Å². The van der Waals surface area contributed by atoms with Gasteiger partial charge >= 0.3 is 5.97 Å². The number of carboxylic acids is 1. The van der Waals surface area contributed by atoms with E-state index in [9.17, 15) is 19.6 Å². The predicted molar refractivity (Wildman–Crippen MR) is 68.8 cm³/mol. The number of rotatable bonds is 8. The molecule has 0 bridgehead atoms. The standard InChI is InChI=1S/C13H16N2O5/c16-9-15(20)8-11(13(19)14-7-12(17)18)6-10-4-2-1-3-5-10/h1-5,9,11,20H,6-8H2,(H,14,19)(H,17,18)/t11-/m0/s1. The number of carbonyl (C=O) groups is 3. The summed E-state index contributed by atoms with van der Waals surface area (Å²) in [6.07, 6.45) is 0.486. The fourth-order valence-corrected chi connectivity index (χ4v) is 1.71. The summed E-state index contributed by atoms with van der Waals surface area (Å²) in [7, 11) is 0. The van der Waals surface area contributed by atoms with E-state index in [2.05, 4.69) is 5.32 Å². The third kappa shape index (κ3) is 5.49. The van der Waals surface area contributed by atoms with E-state index in [1.165, 1.54) is 0 Å². The zero-order chi connectivity index (χ0) is 15.0. The molecule has 0 unspecified atom stereocenters. The number of hydrogen-bond acceptors (Lipinski definition) is 4. The van der Waals surface area contributed by atoms with Gasteiger partial charge in [-0.05, 0) is 12.0 Å². The topological polar surface area (TPSA) is 107 Å². The first-order valence-electron chi connectivity index (χ1n) is 5.97. The van der Waals surface area contributed by atoms with Gasteiger partial charge < -0.3 is 10.4 Å². The van der Waals surface area contributed by atoms with Crippen LogP contribution in [0.15, 0.2) is 30.3 Å². The van der Waals surface area contributed by atoms with Gasteiger partial charge in [0.25, 0.3) is 0 Å². The zero-order valence-corrected chi connectivity index (χ0v) is 10.7. The summed E-state index contributed by atoms with van der Waals surface area (Å²) in [6.45, 7) is -0.708. The molecular weight excluding hydrogens is 264 g/mol. The normalized spacial score (nSPS) is 11.4. The molecular formula is C13H16N2O5. The molecule has 0 aliphatic heterocycles. The molecule has 0 fully saturated rings. The van der Waals surface area contributed by atoms with Crippen LogP contribution in [0.3, 0.4) is 0 Å². The van der Waals surface area contributed by atoms with Gasteiger partial charge in [-0.2, -0.15) is 0 Å². The Morgan fingerprint density at radius 1 is 1.30 bits per heavy atom. The number of nitrogens with zero attached hydrogens (tertiary/aromatic N) is 1. The van der Waals surface area contributed by atoms with E-state index in [1.807, 2.05) is 6.07 Å². The van der Waals surface area contributed by atoms with Crippen LogP contribution in [0, 0.1) is 5.92 Å². The second kappa shape index (κ2) is 7.90. The van der Waals surface area contributed by atoms with Crippen LogP contribution < -0.4 is 5.32 Å². The fourth-order valence-electron chi connectivity index (χ4n) is 1.71. The predicted octanol–water partition coefficient (Wildman–Crippen LogP) is -0.106. The Morgan fingerprint density at radius 3 is 2.50 bits per heavy atom. The SMILES string of the molecule is O=CN(O)C[C@H](Cc1ccccc1)C(=O)NCC(=O)O. The Bertz CT molecular complexity index is 463. The Balaban J connectivity index is 2.71. The van der Waals surface area contributed by atoms with Gasteiger partial charge in [0.2, 0.25) is 12.3 Å². The number of aliphatic carboxylic acids is 1. The molecule has 1 aromatic carbocycles. The van der Waals surface area contributed by atoms with Crippen molar-refractivity contribution in [3.05, 3.63) is 35.9 Å². The lowest BCUT2D eigenvalue weighted by Gasteiger charge is -2.19. The molecule has 7 heteroatoms. The monoisotopic (exact) mass is 280 g/mol. The summed E-state index contributed by atoms with van der Waals surface area (Å²) in [4.78, 5) is 32.7. The van der Waals surface area contributed by atoms with Crippen LogP contribution in [-0.2, 0) is 20.8 Å². The van der Waals surface area contributed by atoms with Gasteiger partial charge in [0.05, 0.1) is 12.5 Å². The zero-order valence-electron chi connectivity index (χ0n) is 10.7. The number of hydrogen-bond donors (Lipinski definition) is 3. The summed E-state index contributed by atoms with van der Waals surface area (Å²) in [5.74, 6) is -2.42. The highest BCUT2D eigenvalue weighted by molar-refractivity contribution is 5.83. The average molecular weight is 280 g/mol. The third-order valence-electron chi connectivity index (χ3n) is 2.64. The maximum Gasteiger partial charge on any atom is 0.322 e. The molecule has 1 atom stereocenters. The van der Waals surface area contributed by atoms with Crippen molar-refractivity contribution >= 4 is 18.3 Å². The summed E-state index contributed by atoms with van der Waals surface area (Å²) >= 11 is 0. The lowest BCUT2D eigenvalue weighted by atomic mass is 9.98. The number of hydroxylamine groups is 2. The van der Waals surface area contributed by atoms with Gasteiger partial charge in [0.15, 0.2) is 0 Å². The van der Waals surface area contributed by atoms with Crippen LogP contribution >= 0.6 is 0 Å². The maximum atomic E-state index is 11.9. The molecule has 2 amide bonds. The first-order chi connectivity index (χ1) is 9.52. The quantitative estimate of drug-likeness (QED) is 0.350. The number of carboxylic acid groups (broad SMARTS) is 1. The molecule has 0 aliphatic rings. The Hall–Kier alpha value is -2.41. The van der Waals surface area contributed by atoms with E-state index in [0.717, 1.165) is 5.56 Å². The van der Waals surface area contributed by atoms with Crippen LogP contribution in [0.5, 0.6) is 0 Å². The molecule has 20 heavy (non-hydrogen) atoms. The van der Waals surface area contributed by atoms with E-state index in [1.54, 1.807) is 24.3 Å². The highest BCUT2D eigenvalue weighted by atomic mass is 16.5. The minimum absolute atomic E-state index is 0.197. The molecule has 0 heterocycles. The molecule has 7 nitrogen and oxygen atoms in total. The van der Waals surface area contributed by atoms with Gasteiger partial charge in [-0.25, -0.2) is 5.06 Å². The van der Waals surface area contributed by atoms with Crippen LogP contribution in [-0.4, -0.2) is 46.8 Å². The third-order valence-corrected chi connectivity index (χ3v) is 2.64. The number of benzene rings is 1. The largest absolute Gasteiger partial charge is 0.480 e. The molecule has 1 rings (SSSR count). The minimum Gasteiger partial charge on any atom is -0.480 e. The summed E-state index contributed by atoms with van der Waals surface area (Å²) < 4.78 is 0. The van der Waals surface area contributed by atoms with Crippen molar-refractivity contribution in [1.82, 2.24) is 10.4 Å². The molecule has 0 radical (unpaired) electrons. The fraction of sp³-hybridized carbons (Fsp3) is 0.308. The highest BCUT2D eigenvalue weighted by Crippen LogP contribution is 2.10. The molecule has 1 aromatic rings. The van der Waals surface area contributed by atoms with E-state index < -0.39 is 24.3 Å². The smallest absolute Gasteiger partial charge is 0.322 e. The molecule has 0 spiro atoms. The van der Waals surface area contributed by atoms with Crippen LogP contribution in [0.25, 0.3) is 0 Å². The summed E-state index contributed by atoms with van der Waals surface area (Å²) in [5, 5.41) is 20.3. The molecule has 0 saturated carbocycles. The number of nitrogens with one attached hydrogen (secondary N) is 1. The van der Waals surface area contributed by atoms with Crippen molar-refractivity contribution in [3.63, 3.8) is 0 Å². The second-order valence-corrected chi connectivity index (χ2v) is 4.23. The van der Waals surface area contributed by atoms with E-state index in [0.29, 0.717) is 5.06 Å². The van der Waals surface area contributed by atoms with Gasteiger partial charge in [0, 0.05) is 0 Å². The van der Waals surface area contributed by atoms with E-state index in [-0.39, 0.29) is 19.4 Å². The Kier molecular flexibility index (Phi) is 6.18. The molecule has 0 saturated heterocycles. The second-order valence-electron chi connectivity index (χ2n) is 4.23. The lowest BCUT2D eigenvalue weighted by molar-refractivity contribution is -0.154.